The molecule has 10 rings (SSSR count). The van der Waals surface area contributed by atoms with E-state index >= 15 is 0 Å². The number of hydrogen-bond acceptors (Lipinski definition) is 3. The summed E-state index contributed by atoms with van der Waals surface area (Å²) < 4.78 is 9.26. The fourth-order valence-electron chi connectivity index (χ4n) is 7.42. The summed E-state index contributed by atoms with van der Waals surface area (Å²) in [5.41, 5.74) is 13.5. The van der Waals surface area contributed by atoms with E-state index in [4.69, 9.17) is 9.40 Å². The van der Waals surface area contributed by atoms with Crippen LogP contribution in [0.15, 0.2) is 138 Å². The average Bonchev–Trinajstić information content (AvgIpc) is 3.61. The quantitative estimate of drug-likeness (QED) is 0.220. The highest BCUT2D eigenvalue weighted by Crippen LogP contribution is 2.46. The molecule has 194 valence electrons. The zero-order valence-electron chi connectivity index (χ0n) is 22.5. The maximum atomic E-state index is 6.89. The van der Waals surface area contributed by atoms with Crippen molar-refractivity contribution in [3.8, 4) is 16.8 Å². The Balaban J connectivity index is 1.38. The minimum Gasteiger partial charge on any atom is -0.468 e. The molecule has 0 N–H and O–H groups in total. The molecular weight excluding hydrogens is 513 g/mol. The molecule has 2 aliphatic rings. The Morgan fingerprint density at radius 2 is 1.33 bits per heavy atom. The van der Waals surface area contributed by atoms with Crippen molar-refractivity contribution < 1.29 is 4.42 Å². The van der Waals surface area contributed by atoms with Crippen LogP contribution in [-0.2, 0) is 0 Å². The summed E-state index contributed by atoms with van der Waals surface area (Å²) in [4.78, 5) is 7.33. The number of rotatable bonds is 2. The van der Waals surface area contributed by atoms with Crippen LogP contribution in [-0.4, -0.2) is 16.3 Å². The van der Waals surface area contributed by atoms with Crippen LogP contribution in [0.25, 0.3) is 49.7 Å². The van der Waals surface area contributed by atoms with Gasteiger partial charge < -0.3 is 9.32 Å². The molecule has 0 unspecified atom stereocenters. The molecule has 2 aliphatic heterocycles. The first-order chi connectivity index (χ1) is 20.9. The summed E-state index contributed by atoms with van der Waals surface area (Å²) in [7, 11) is 0. The summed E-state index contributed by atoms with van der Waals surface area (Å²) in [6.45, 7) is -0.0424. The van der Waals surface area contributed by atoms with Gasteiger partial charge in [-0.2, -0.15) is 0 Å². The second kappa shape index (κ2) is 8.02. The number of para-hydroxylation sites is 3. The number of benzene rings is 5. The molecule has 42 heavy (non-hydrogen) atoms. The Morgan fingerprint density at radius 1 is 0.595 bits per heavy atom. The molecule has 5 aromatic carbocycles. The van der Waals surface area contributed by atoms with Crippen molar-refractivity contribution in [1.82, 2.24) is 9.55 Å². The lowest BCUT2D eigenvalue weighted by atomic mass is 9.36. The lowest BCUT2D eigenvalue weighted by Gasteiger charge is -2.38. The first-order valence-corrected chi connectivity index (χ1v) is 14.4. The highest BCUT2D eigenvalue weighted by atomic mass is 16.3. The second-order valence-corrected chi connectivity index (χ2v) is 11.1. The normalized spacial score (nSPS) is 13.1. The third kappa shape index (κ3) is 2.70. The molecule has 5 heterocycles. The van der Waals surface area contributed by atoms with Crippen LogP contribution in [0.3, 0.4) is 0 Å². The van der Waals surface area contributed by atoms with E-state index in [1.165, 1.54) is 44.0 Å². The third-order valence-electron chi connectivity index (χ3n) is 9.03. The maximum absolute atomic E-state index is 6.89. The van der Waals surface area contributed by atoms with Crippen LogP contribution in [0.1, 0.15) is 0 Å². The Bertz CT molecular complexity index is 2390. The van der Waals surface area contributed by atoms with Crippen molar-refractivity contribution in [1.29, 1.82) is 0 Å². The molecule has 0 bridgehead atoms. The van der Waals surface area contributed by atoms with E-state index in [0.29, 0.717) is 0 Å². The number of aromatic nitrogens is 2. The molecule has 0 saturated heterocycles. The number of anilines is 3. The van der Waals surface area contributed by atoms with Gasteiger partial charge in [-0.3, -0.25) is 4.57 Å². The molecule has 0 fully saturated rings. The first kappa shape index (κ1) is 22.2. The minimum absolute atomic E-state index is 0.0424. The van der Waals surface area contributed by atoms with E-state index < -0.39 is 0 Å². The van der Waals surface area contributed by atoms with E-state index in [9.17, 15) is 0 Å². The van der Waals surface area contributed by atoms with Gasteiger partial charge >= 0.3 is 0 Å². The highest BCUT2D eigenvalue weighted by molar-refractivity contribution is 6.99. The summed E-state index contributed by atoms with van der Waals surface area (Å²) in [5, 5.41) is 3.51. The van der Waals surface area contributed by atoms with Crippen LogP contribution in [0.2, 0.25) is 0 Å². The molecule has 3 aromatic heterocycles. The number of pyridine rings is 1. The number of fused-ring (bicyclic) bond motifs is 9. The highest BCUT2D eigenvalue weighted by Gasteiger charge is 2.45. The van der Waals surface area contributed by atoms with Gasteiger partial charge in [-0.15, -0.1) is 0 Å². The SMILES string of the molecule is c1ccc(-c2ccccc2N2c3cccc4c3B(c3oc5ccccc5c32)c2cccc3c5cccnc5n-4c23)cc1. The topological polar surface area (TPSA) is 34.2 Å². The van der Waals surface area contributed by atoms with Gasteiger partial charge in [0.25, 0.3) is 6.71 Å². The van der Waals surface area contributed by atoms with Crippen LogP contribution in [0.5, 0.6) is 0 Å². The number of furan rings is 1. The predicted octanol–water partition coefficient (Wildman–Crippen LogP) is 7.20. The lowest BCUT2D eigenvalue weighted by molar-refractivity contribution is 0.651. The second-order valence-electron chi connectivity index (χ2n) is 11.1. The molecule has 0 aliphatic carbocycles. The Labute approximate surface area is 242 Å². The van der Waals surface area contributed by atoms with E-state index in [1.54, 1.807) is 0 Å². The third-order valence-corrected chi connectivity index (χ3v) is 9.03. The van der Waals surface area contributed by atoms with Crippen LogP contribution >= 0.6 is 0 Å². The Hall–Kier alpha value is -5.55. The number of nitrogens with zero attached hydrogens (tertiary/aromatic N) is 3. The Kier molecular flexibility index (Phi) is 4.23. The van der Waals surface area contributed by atoms with E-state index in [1.807, 2.05) is 12.3 Å². The van der Waals surface area contributed by atoms with Gasteiger partial charge in [-0.1, -0.05) is 84.9 Å². The van der Waals surface area contributed by atoms with Gasteiger partial charge in [0, 0.05) is 39.3 Å². The summed E-state index contributed by atoms with van der Waals surface area (Å²) in [6.07, 6.45) is 1.89. The molecule has 0 saturated carbocycles. The van der Waals surface area contributed by atoms with E-state index in [-0.39, 0.29) is 6.71 Å². The van der Waals surface area contributed by atoms with E-state index in [2.05, 4.69) is 131 Å². The fraction of sp³-hybridized carbons (Fsp3) is 0. The molecule has 4 nitrogen and oxygen atoms in total. The van der Waals surface area contributed by atoms with Crippen molar-refractivity contribution in [3.63, 3.8) is 0 Å². The van der Waals surface area contributed by atoms with Gasteiger partial charge in [0.2, 0.25) is 0 Å². The molecule has 5 heteroatoms. The smallest absolute Gasteiger partial charge is 0.297 e. The van der Waals surface area contributed by atoms with Gasteiger partial charge in [-0.05, 0) is 59.0 Å². The standard InChI is InChI=1S/C37H22BN3O/c1-2-11-23(12-3-1)24-13-4-6-18-29(24)40-30-19-9-20-31-33(30)38(36-35(40)27-14-5-7-21-32(27)42-36)28-17-8-15-25-26-16-10-22-39-37(26)41(31)34(25)28/h1-22H. The zero-order chi connectivity index (χ0) is 27.4. The average molecular weight is 535 g/mol. The number of hydrogen-bond donors (Lipinski definition) is 0. The van der Waals surface area contributed by atoms with Gasteiger partial charge in [0.15, 0.2) is 0 Å². The van der Waals surface area contributed by atoms with Crippen molar-refractivity contribution in [3.05, 3.63) is 134 Å². The molecular formula is C37H22BN3O. The van der Waals surface area contributed by atoms with Crippen LogP contribution in [0, 0.1) is 0 Å². The van der Waals surface area contributed by atoms with Gasteiger partial charge in [0.1, 0.15) is 11.2 Å². The summed E-state index contributed by atoms with van der Waals surface area (Å²) in [5.74, 6) is 0. The van der Waals surface area contributed by atoms with Gasteiger partial charge in [0.05, 0.1) is 22.6 Å². The van der Waals surface area contributed by atoms with Crippen molar-refractivity contribution in [2.45, 2.75) is 0 Å². The molecule has 0 radical (unpaired) electrons. The fourth-order valence-corrected chi connectivity index (χ4v) is 7.42. The van der Waals surface area contributed by atoms with E-state index in [0.717, 1.165) is 39.3 Å². The molecule has 8 aromatic rings. The predicted molar refractivity (Wildman–Crippen MR) is 173 cm³/mol. The van der Waals surface area contributed by atoms with Crippen molar-refractivity contribution in [2.24, 2.45) is 0 Å². The Morgan fingerprint density at radius 3 is 2.29 bits per heavy atom. The van der Waals surface area contributed by atoms with Crippen LogP contribution in [0.4, 0.5) is 17.1 Å². The zero-order valence-corrected chi connectivity index (χ0v) is 22.5. The van der Waals surface area contributed by atoms with Crippen molar-refractivity contribution in [2.75, 3.05) is 4.90 Å². The van der Waals surface area contributed by atoms with Gasteiger partial charge in [-0.25, -0.2) is 4.98 Å². The molecule has 0 spiro atoms. The largest absolute Gasteiger partial charge is 0.468 e. The monoisotopic (exact) mass is 535 g/mol. The molecule has 0 amide bonds. The first-order valence-electron chi connectivity index (χ1n) is 14.4. The minimum atomic E-state index is -0.0424. The molecule has 0 atom stereocenters. The lowest BCUT2D eigenvalue weighted by Crippen LogP contribution is -2.60. The summed E-state index contributed by atoms with van der Waals surface area (Å²) in [6, 6.07) is 45.4. The summed E-state index contributed by atoms with van der Waals surface area (Å²) >= 11 is 0. The van der Waals surface area contributed by atoms with Crippen molar-refractivity contribution >= 4 is 73.3 Å². The van der Waals surface area contributed by atoms with Crippen LogP contribution < -0.4 is 21.5 Å². The maximum Gasteiger partial charge on any atom is 0.297 e.